The monoisotopic (exact) mass is 328 g/mol. The number of hydrogen-bond donors (Lipinski definition) is 2. The number of benzene rings is 1. The second-order valence-electron chi connectivity index (χ2n) is 6.30. The van der Waals surface area contributed by atoms with Gasteiger partial charge in [0.25, 0.3) is 11.5 Å². The second kappa shape index (κ2) is 7.05. The molecule has 24 heavy (non-hydrogen) atoms. The molecule has 2 heterocycles. The smallest absolute Gasteiger partial charge is 0.271 e. The summed E-state index contributed by atoms with van der Waals surface area (Å²) in [4.78, 5) is 26.6. The van der Waals surface area contributed by atoms with Crippen LogP contribution in [0.25, 0.3) is 5.69 Å². The van der Waals surface area contributed by atoms with Crippen LogP contribution in [0, 0.1) is 0 Å². The van der Waals surface area contributed by atoms with Crippen LogP contribution in [0.5, 0.6) is 0 Å². The lowest BCUT2D eigenvalue weighted by atomic mass is 10.1. The largest absolute Gasteiger partial charge is 0.333 e. The Morgan fingerprint density at radius 2 is 2.04 bits per heavy atom. The van der Waals surface area contributed by atoms with Gasteiger partial charge in [0.2, 0.25) is 0 Å². The third kappa shape index (κ3) is 3.28. The van der Waals surface area contributed by atoms with Crippen molar-refractivity contribution in [3.63, 3.8) is 0 Å². The molecule has 1 fully saturated rings. The third-order valence-electron chi connectivity index (χ3n) is 4.43. The number of aromatic amines is 1. The van der Waals surface area contributed by atoms with Crippen LogP contribution in [0.2, 0.25) is 0 Å². The topological polar surface area (TPSA) is 70.1 Å². The second-order valence-corrected chi connectivity index (χ2v) is 6.30. The molecule has 1 aliphatic heterocycles. The summed E-state index contributed by atoms with van der Waals surface area (Å²) < 4.78 is 1.52. The molecule has 0 radical (unpaired) electrons. The first-order valence-corrected chi connectivity index (χ1v) is 8.53. The number of rotatable bonds is 4. The molecule has 6 nitrogen and oxygen atoms in total. The van der Waals surface area contributed by atoms with Crippen LogP contribution in [0.3, 0.4) is 0 Å². The summed E-state index contributed by atoms with van der Waals surface area (Å²) in [5.74, 6) is 0.0426. The van der Waals surface area contributed by atoms with Gasteiger partial charge in [-0.05, 0) is 37.6 Å². The van der Waals surface area contributed by atoms with E-state index in [0.29, 0.717) is 5.56 Å². The molecule has 0 bridgehead atoms. The average Bonchev–Trinajstić information content (AvgIpc) is 2.96. The number of piperazine rings is 1. The van der Waals surface area contributed by atoms with E-state index in [-0.39, 0.29) is 17.5 Å². The highest BCUT2D eigenvalue weighted by atomic mass is 16.2. The van der Waals surface area contributed by atoms with Crippen molar-refractivity contribution in [1.82, 2.24) is 20.0 Å². The molecule has 2 aromatic rings. The Morgan fingerprint density at radius 1 is 1.29 bits per heavy atom. The predicted octanol–water partition coefficient (Wildman–Crippen LogP) is 1.55. The Labute approximate surface area is 141 Å². The molecular formula is C18H24N4O2. The van der Waals surface area contributed by atoms with Crippen LogP contribution in [0.1, 0.15) is 36.3 Å². The van der Waals surface area contributed by atoms with E-state index in [2.05, 4.69) is 17.3 Å². The fourth-order valence-corrected chi connectivity index (χ4v) is 3.10. The minimum Gasteiger partial charge on any atom is -0.333 e. The maximum atomic E-state index is 12.6. The number of aromatic nitrogens is 2. The molecule has 0 spiro atoms. The molecular weight excluding hydrogens is 304 g/mol. The van der Waals surface area contributed by atoms with Gasteiger partial charge in [0, 0.05) is 43.0 Å². The number of carbonyl (C=O) groups excluding carboxylic acids is 1. The molecule has 1 aromatic heterocycles. The van der Waals surface area contributed by atoms with E-state index in [4.69, 9.17) is 0 Å². The predicted molar refractivity (Wildman–Crippen MR) is 93.8 cm³/mol. The number of nitrogens with one attached hydrogen (secondary N) is 2. The number of aryl methyl sites for hydroxylation is 1. The zero-order chi connectivity index (χ0) is 17.1. The van der Waals surface area contributed by atoms with Crippen molar-refractivity contribution in [2.24, 2.45) is 0 Å². The Balaban J connectivity index is 1.80. The van der Waals surface area contributed by atoms with Crippen LogP contribution in [0.15, 0.2) is 35.1 Å². The summed E-state index contributed by atoms with van der Waals surface area (Å²) in [5.41, 5.74) is 2.25. The van der Waals surface area contributed by atoms with Gasteiger partial charge < -0.3 is 10.2 Å². The maximum Gasteiger partial charge on any atom is 0.271 e. The van der Waals surface area contributed by atoms with E-state index in [1.165, 1.54) is 4.68 Å². The van der Waals surface area contributed by atoms with Crippen LogP contribution in [0.4, 0.5) is 0 Å². The standard InChI is InChI=1S/C18H24N4O2/c1-3-4-15-11-17(23)22(20-15)16-7-5-14(6-8-16)18(24)21-10-9-19-12-13(21)2/h5-8,11,13,19-20H,3-4,9-10,12H2,1-2H3. The van der Waals surface area contributed by atoms with Gasteiger partial charge in [-0.1, -0.05) is 13.3 Å². The average molecular weight is 328 g/mol. The lowest BCUT2D eigenvalue weighted by Crippen LogP contribution is -2.52. The Kier molecular flexibility index (Phi) is 4.85. The molecule has 1 aromatic carbocycles. The first-order chi connectivity index (χ1) is 11.6. The first-order valence-electron chi connectivity index (χ1n) is 8.53. The van der Waals surface area contributed by atoms with Crippen molar-refractivity contribution in [3.8, 4) is 5.69 Å². The Bertz CT molecular complexity index is 760. The molecule has 1 atom stereocenters. The van der Waals surface area contributed by atoms with Crippen molar-refractivity contribution in [2.75, 3.05) is 19.6 Å². The van der Waals surface area contributed by atoms with E-state index < -0.39 is 0 Å². The molecule has 1 unspecified atom stereocenters. The van der Waals surface area contributed by atoms with Crippen molar-refractivity contribution >= 4 is 5.91 Å². The first kappa shape index (κ1) is 16.5. The number of carbonyl (C=O) groups is 1. The van der Waals surface area contributed by atoms with Gasteiger partial charge in [-0.3, -0.25) is 14.7 Å². The molecule has 1 aliphatic rings. The van der Waals surface area contributed by atoms with Crippen molar-refractivity contribution in [1.29, 1.82) is 0 Å². The normalized spacial score (nSPS) is 17.9. The summed E-state index contributed by atoms with van der Waals surface area (Å²) in [7, 11) is 0. The fourth-order valence-electron chi connectivity index (χ4n) is 3.10. The summed E-state index contributed by atoms with van der Waals surface area (Å²) >= 11 is 0. The molecule has 3 rings (SSSR count). The van der Waals surface area contributed by atoms with Crippen molar-refractivity contribution < 1.29 is 4.79 Å². The lowest BCUT2D eigenvalue weighted by molar-refractivity contribution is 0.0656. The number of amides is 1. The molecule has 1 saturated heterocycles. The van der Waals surface area contributed by atoms with Crippen LogP contribution >= 0.6 is 0 Å². The van der Waals surface area contributed by atoms with Gasteiger partial charge >= 0.3 is 0 Å². The van der Waals surface area contributed by atoms with Gasteiger partial charge in [0.1, 0.15) is 0 Å². The maximum absolute atomic E-state index is 12.6. The third-order valence-corrected chi connectivity index (χ3v) is 4.43. The van der Waals surface area contributed by atoms with E-state index in [1.807, 2.05) is 24.0 Å². The van der Waals surface area contributed by atoms with Crippen LogP contribution in [-0.2, 0) is 6.42 Å². The minimum atomic E-state index is -0.0757. The number of nitrogens with zero attached hydrogens (tertiary/aromatic N) is 2. The number of H-pyrrole nitrogens is 1. The number of hydrogen-bond acceptors (Lipinski definition) is 3. The van der Waals surface area contributed by atoms with Crippen LogP contribution < -0.4 is 10.9 Å². The molecule has 6 heteroatoms. The van der Waals surface area contributed by atoms with Gasteiger partial charge in [-0.25, -0.2) is 4.68 Å². The quantitative estimate of drug-likeness (QED) is 0.895. The zero-order valence-corrected chi connectivity index (χ0v) is 14.2. The van der Waals surface area contributed by atoms with Gasteiger partial charge in [0.15, 0.2) is 0 Å². The molecule has 2 N–H and O–H groups in total. The summed E-state index contributed by atoms with van der Waals surface area (Å²) in [5, 5.41) is 6.40. The lowest BCUT2D eigenvalue weighted by Gasteiger charge is -2.34. The van der Waals surface area contributed by atoms with E-state index in [0.717, 1.165) is 43.9 Å². The highest BCUT2D eigenvalue weighted by molar-refractivity contribution is 5.94. The van der Waals surface area contributed by atoms with Crippen molar-refractivity contribution in [3.05, 3.63) is 51.9 Å². The van der Waals surface area contributed by atoms with Crippen molar-refractivity contribution in [2.45, 2.75) is 32.7 Å². The molecule has 1 amide bonds. The molecule has 0 saturated carbocycles. The van der Waals surface area contributed by atoms with E-state index in [1.54, 1.807) is 18.2 Å². The van der Waals surface area contributed by atoms with E-state index in [9.17, 15) is 9.59 Å². The van der Waals surface area contributed by atoms with Gasteiger partial charge in [-0.15, -0.1) is 0 Å². The van der Waals surface area contributed by atoms with E-state index >= 15 is 0 Å². The summed E-state index contributed by atoms with van der Waals surface area (Å²) in [6.07, 6.45) is 1.83. The van der Waals surface area contributed by atoms with Gasteiger partial charge in [0.05, 0.1) is 5.69 Å². The summed E-state index contributed by atoms with van der Waals surface area (Å²) in [6, 6.07) is 9.03. The highest BCUT2D eigenvalue weighted by Crippen LogP contribution is 2.13. The van der Waals surface area contributed by atoms with Gasteiger partial charge in [-0.2, -0.15) is 0 Å². The summed E-state index contributed by atoms with van der Waals surface area (Å²) in [6.45, 7) is 6.49. The zero-order valence-electron chi connectivity index (χ0n) is 14.2. The fraction of sp³-hybridized carbons (Fsp3) is 0.444. The Hall–Kier alpha value is -2.34. The molecule has 0 aliphatic carbocycles. The van der Waals surface area contributed by atoms with Crippen LogP contribution in [-0.4, -0.2) is 46.3 Å². The minimum absolute atomic E-state index is 0.0426. The molecule has 128 valence electrons. The highest BCUT2D eigenvalue weighted by Gasteiger charge is 2.23. The Morgan fingerprint density at radius 3 is 2.71 bits per heavy atom. The SMILES string of the molecule is CCCc1cc(=O)n(-c2ccc(C(=O)N3CCNCC3C)cc2)[nH]1.